The van der Waals surface area contributed by atoms with E-state index in [1.165, 1.54) is 37.7 Å². The van der Waals surface area contributed by atoms with Gasteiger partial charge in [0.1, 0.15) is 18.5 Å². The van der Waals surface area contributed by atoms with Gasteiger partial charge in [-0.15, -0.1) is 0 Å². The molecule has 0 unspecified atom stereocenters. The predicted octanol–water partition coefficient (Wildman–Crippen LogP) is 2.66. The van der Waals surface area contributed by atoms with Gasteiger partial charge in [-0.05, 0) is 31.9 Å². The second-order valence-electron chi connectivity index (χ2n) is 5.52. The summed E-state index contributed by atoms with van der Waals surface area (Å²) < 4.78 is 5.57. The first-order valence-electron chi connectivity index (χ1n) is 7.35. The van der Waals surface area contributed by atoms with Crippen LogP contribution in [0.25, 0.3) is 0 Å². The minimum atomic E-state index is -0.441. The molecule has 0 spiro atoms. The van der Waals surface area contributed by atoms with Crippen molar-refractivity contribution in [2.24, 2.45) is 0 Å². The van der Waals surface area contributed by atoms with Crippen LogP contribution in [0.15, 0.2) is 24.3 Å². The Kier molecular flexibility index (Phi) is 5.67. The fraction of sp³-hybridized carbons (Fsp3) is 0.625. The van der Waals surface area contributed by atoms with E-state index in [0.717, 1.165) is 5.75 Å². The van der Waals surface area contributed by atoms with E-state index in [4.69, 9.17) is 4.74 Å². The molecular formula is C16H25NO2. The molecule has 3 nitrogen and oxygen atoms in total. The summed E-state index contributed by atoms with van der Waals surface area (Å²) in [7, 11) is 0. The minimum Gasteiger partial charge on any atom is -0.491 e. The van der Waals surface area contributed by atoms with E-state index in [9.17, 15) is 5.11 Å². The Labute approximate surface area is 116 Å². The number of ether oxygens (including phenoxy) is 1. The first-order chi connectivity index (χ1) is 9.24. The van der Waals surface area contributed by atoms with Gasteiger partial charge in [0.05, 0.1) is 0 Å². The maximum absolute atomic E-state index is 9.91. The van der Waals surface area contributed by atoms with Gasteiger partial charge in [0.25, 0.3) is 0 Å². The molecule has 1 aliphatic rings. The van der Waals surface area contributed by atoms with Crippen molar-refractivity contribution >= 4 is 0 Å². The Bertz CT molecular complexity index is 358. The monoisotopic (exact) mass is 263 g/mol. The molecule has 2 rings (SSSR count). The van der Waals surface area contributed by atoms with Gasteiger partial charge in [0, 0.05) is 12.6 Å². The number of hydrogen-bond donors (Lipinski definition) is 2. The Morgan fingerprint density at radius 2 is 1.89 bits per heavy atom. The van der Waals surface area contributed by atoms with Crippen molar-refractivity contribution in [3.05, 3.63) is 29.8 Å². The lowest BCUT2D eigenvalue weighted by atomic mass is 9.95. The minimum absolute atomic E-state index is 0.350. The lowest BCUT2D eigenvalue weighted by molar-refractivity contribution is 0.102. The van der Waals surface area contributed by atoms with Gasteiger partial charge in [0.2, 0.25) is 0 Å². The van der Waals surface area contributed by atoms with Crippen LogP contribution in [-0.4, -0.2) is 30.4 Å². The maximum Gasteiger partial charge on any atom is 0.119 e. The number of aliphatic hydroxyl groups is 1. The quantitative estimate of drug-likeness (QED) is 0.829. The van der Waals surface area contributed by atoms with Crippen molar-refractivity contribution < 1.29 is 9.84 Å². The molecule has 1 aromatic carbocycles. The second kappa shape index (κ2) is 7.51. The Morgan fingerprint density at radius 3 is 2.58 bits per heavy atom. The summed E-state index contributed by atoms with van der Waals surface area (Å²) in [6, 6.07) is 8.50. The number of rotatable bonds is 6. The molecule has 19 heavy (non-hydrogen) atoms. The molecule has 0 radical (unpaired) electrons. The molecule has 2 N–H and O–H groups in total. The van der Waals surface area contributed by atoms with Crippen molar-refractivity contribution in [2.75, 3.05) is 13.2 Å². The largest absolute Gasteiger partial charge is 0.491 e. The molecule has 3 heteroatoms. The zero-order valence-corrected chi connectivity index (χ0v) is 11.8. The molecule has 0 saturated heterocycles. The summed E-state index contributed by atoms with van der Waals surface area (Å²) in [4.78, 5) is 0. The maximum atomic E-state index is 9.91. The highest BCUT2D eigenvalue weighted by Crippen LogP contribution is 2.17. The number of aliphatic hydroxyl groups excluding tert-OH is 1. The van der Waals surface area contributed by atoms with Gasteiger partial charge in [-0.25, -0.2) is 0 Å². The summed E-state index contributed by atoms with van der Waals surface area (Å²) in [5.41, 5.74) is 1.21. The third kappa shape index (κ3) is 5.21. The lowest BCUT2D eigenvalue weighted by Crippen LogP contribution is -2.38. The summed E-state index contributed by atoms with van der Waals surface area (Å²) in [6.07, 6.45) is 6.03. The molecule has 0 aromatic heterocycles. The van der Waals surface area contributed by atoms with E-state index in [1.807, 2.05) is 31.2 Å². The highest BCUT2D eigenvalue weighted by molar-refractivity contribution is 5.26. The summed E-state index contributed by atoms with van der Waals surface area (Å²) in [5, 5.41) is 13.3. The van der Waals surface area contributed by atoms with Gasteiger partial charge in [-0.2, -0.15) is 0 Å². The zero-order valence-electron chi connectivity index (χ0n) is 11.8. The smallest absolute Gasteiger partial charge is 0.119 e. The van der Waals surface area contributed by atoms with Crippen LogP contribution in [0.2, 0.25) is 0 Å². The highest BCUT2D eigenvalue weighted by atomic mass is 16.5. The number of benzene rings is 1. The van der Waals surface area contributed by atoms with Crippen LogP contribution in [0.4, 0.5) is 0 Å². The first kappa shape index (κ1) is 14.4. The Morgan fingerprint density at radius 1 is 1.21 bits per heavy atom. The molecule has 1 aromatic rings. The normalized spacial score (nSPS) is 18.2. The second-order valence-corrected chi connectivity index (χ2v) is 5.52. The molecular weight excluding hydrogens is 238 g/mol. The summed E-state index contributed by atoms with van der Waals surface area (Å²) in [6.45, 7) is 3.02. The standard InChI is InChI=1S/C16H25NO2/c1-13-7-9-16(10-8-13)19-12-15(18)11-17-14-5-3-2-4-6-14/h7-10,14-15,17-18H,2-6,11-12H2,1H3/t15-/m0/s1. The fourth-order valence-corrected chi connectivity index (χ4v) is 2.50. The summed E-state index contributed by atoms with van der Waals surface area (Å²) in [5.74, 6) is 0.822. The van der Waals surface area contributed by atoms with Crippen LogP contribution in [-0.2, 0) is 0 Å². The molecule has 0 amide bonds. The Hall–Kier alpha value is -1.06. The van der Waals surface area contributed by atoms with Crippen LogP contribution in [0.5, 0.6) is 5.75 Å². The molecule has 1 atom stereocenters. The van der Waals surface area contributed by atoms with Gasteiger partial charge in [-0.3, -0.25) is 0 Å². The van der Waals surface area contributed by atoms with Gasteiger partial charge < -0.3 is 15.2 Å². The predicted molar refractivity (Wildman–Crippen MR) is 77.6 cm³/mol. The average Bonchev–Trinajstić information content (AvgIpc) is 2.45. The molecule has 1 aliphatic carbocycles. The number of hydrogen-bond acceptors (Lipinski definition) is 3. The highest BCUT2D eigenvalue weighted by Gasteiger charge is 2.14. The average molecular weight is 263 g/mol. The Balaban J connectivity index is 1.63. The van der Waals surface area contributed by atoms with E-state index in [-0.39, 0.29) is 0 Å². The molecule has 0 heterocycles. The van der Waals surface area contributed by atoms with E-state index in [0.29, 0.717) is 19.2 Å². The zero-order chi connectivity index (χ0) is 13.5. The van der Waals surface area contributed by atoms with Gasteiger partial charge in [-0.1, -0.05) is 37.0 Å². The van der Waals surface area contributed by atoms with Crippen molar-refractivity contribution in [1.82, 2.24) is 5.32 Å². The first-order valence-corrected chi connectivity index (χ1v) is 7.35. The van der Waals surface area contributed by atoms with E-state index < -0.39 is 6.10 Å². The van der Waals surface area contributed by atoms with Gasteiger partial charge >= 0.3 is 0 Å². The molecule has 106 valence electrons. The number of aryl methyl sites for hydroxylation is 1. The van der Waals surface area contributed by atoms with Crippen LogP contribution in [0.1, 0.15) is 37.7 Å². The third-order valence-corrected chi connectivity index (χ3v) is 3.71. The molecule has 0 aliphatic heterocycles. The molecule has 0 bridgehead atoms. The van der Waals surface area contributed by atoms with Crippen LogP contribution < -0.4 is 10.1 Å². The topological polar surface area (TPSA) is 41.5 Å². The lowest BCUT2D eigenvalue weighted by Gasteiger charge is -2.24. The third-order valence-electron chi connectivity index (χ3n) is 3.71. The molecule has 1 saturated carbocycles. The van der Waals surface area contributed by atoms with Crippen LogP contribution in [0, 0.1) is 6.92 Å². The SMILES string of the molecule is Cc1ccc(OC[C@@H](O)CNC2CCCCC2)cc1. The molecule has 1 fully saturated rings. The van der Waals surface area contributed by atoms with Crippen LogP contribution in [0.3, 0.4) is 0 Å². The van der Waals surface area contributed by atoms with Crippen molar-refractivity contribution in [3.63, 3.8) is 0 Å². The van der Waals surface area contributed by atoms with Gasteiger partial charge in [0.15, 0.2) is 0 Å². The summed E-state index contributed by atoms with van der Waals surface area (Å²) >= 11 is 0. The van der Waals surface area contributed by atoms with E-state index in [1.54, 1.807) is 0 Å². The fourth-order valence-electron chi connectivity index (χ4n) is 2.50. The van der Waals surface area contributed by atoms with Crippen molar-refractivity contribution in [2.45, 2.75) is 51.2 Å². The van der Waals surface area contributed by atoms with Crippen molar-refractivity contribution in [3.8, 4) is 5.75 Å². The van der Waals surface area contributed by atoms with E-state index >= 15 is 0 Å². The van der Waals surface area contributed by atoms with Crippen molar-refractivity contribution in [1.29, 1.82) is 0 Å². The number of nitrogens with one attached hydrogen (secondary N) is 1. The van der Waals surface area contributed by atoms with E-state index in [2.05, 4.69) is 5.32 Å². The van der Waals surface area contributed by atoms with Crippen LogP contribution >= 0.6 is 0 Å².